The number of phenolic OH excluding ortho intramolecular Hbond substituents is 1. The third kappa shape index (κ3) is 3.81. The number of aromatic nitrogens is 1. The van der Waals surface area contributed by atoms with E-state index in [2.05, 4.69) is 15.5 Å². The van der Waals surface area contributed by atoms with Crippen molar-refractivity contribution in [1.82, 2.24) is 10.4 Å². The zero-order valence-corrected chi connectivity index (χ0v) is 14.4. The van der Waals surface area contributed by atoms with E-state index in [9.17, 15) is 9.90 Å². The van der Waals surface area contributed by atoms with Crippen LogP contribution in [0.3, 0.4) is 0 Å². The third-order valence-corrected chi connectivity index (χ3v) is 4.01. The number of aromatic hydroxyl groups is 1. The van der Waals surface area contributed by atoms with Gasteiger partial charge in [0.05, 0.1) is 24.0 Å². The summed E-state index contributed by atoms with van der Waals surface area (Å²) >= 11 is 17.5. The molecule has 7 nitrogen and oxygen atoms in total. The van der Waals surface area contributed by atoms with E-state index in [0.717, 1.165) is 0 Å². The van der Waals surface area contributed by atoms with Crippen LogP contribution in [0, 0.1) is 0 Å². The molecule has 126 valence electrons. The molecule has 0 bridgehead atoms. The molecule has 0 atom stereocenters. The van der Waals surface area contributed by atoms with Crippen LogP contribution in [0.15, 0.2) is 23.3 Å². The van der Waals surface area contributed by atoms with Gasteiger partial charge >= 0.3 is 0 Å². The van der Waals surface area contributed by atoms with Crippen molar-refractivity contribution in [2.24, 2.45) is 5.10 Å². The number of methoxy groups -OCH3 is 1. The number of nitrogens with zero attached hydrogens (tertiary/aromatic N) is 2. The Kier molecular flexibility index (Phi) is 5.71. The first-order valence-electron chi connectivity index (χ1n) is 6.35. The van der Waals surface area contributed by atoms with E-state index in [1.165, 1.54) is 19.4 Å². The van der Waals surface area contributed by atoms with E-state index in [1.54, 1.807) is 12.1 Å². The highest BCUT2D eigenvalue weighted by Crippen LogP contribution is 2.34. The number of carbonyl (C=O) groups is 1. The number of ether oxygens (including phenoxy) is 1. The molecule has 0 aliphatic rings. The second-order valence-electron chi connectivity index (χ2n) is 4.42. The highest BCUT2D eigenvalue weighted by atomic mass is 35.5. The number of phenols is 1. The molecule has 0 saturated carbocycles. The summed E-state index contributed by atoms with van der Waals surface area (Å²) < 4.78 is 4.92. The van der Waals surface area contributed by atoms with E-state index in [4.69, 9.17) is 45.3 Å². The molecule has 24 heavy (non-hydrogen) atoms. The fraction of sp³-hybridized carbons (Fsp3) is 0.0714. The molecule has 4 N–H and O–H groups in total. The van der Waals surface area contributed by atoms with Crippen molar-refractivity contribution in [2.45, 2.75) is 0 Å². The molecule has 0 saturated heterocycles. The number of hydrazone groups is 1. The number of hydrogen-bond acceptors (Lipinski definition) is 6. The first kappa shape index (κ1) is 18.1. The van der Waals surface area contributed by atoms with Gasteiger partial charge in [0.25, 0.3) is 5.91 Å². The van der Waals surface area contributed by atoms with Gasteiger partial charge in [-0.25, -0.2) is 10.4 Å². The van der Waals surface area contributed by atoms with Crippen LogP contribution in [-0.2, 0) is 0 Å². The lowest BCUT2D eigenvalue weighted by molar-refractivity contribution is 0.0950. The maximum Gasteiger partial charge on any atom is 0.291 e. The minimum absolute atomic E-state index is 0.0320. The Labute approximate surface area is 152 Å². The molecule has 0 spiro atoms. The SMILES string of the molecule is COc1ccc(/C=N/NC(=O)c2nc(Cl)c(Cl)c(N)c2Cl)cc1O. The van der Waals surface area contributed by atoms with Crippen molar-refractivity contribution in [3.8, 4) is 11.5 Å². The molecule has 0 aliphatic carbocycles. The fourth-order valence-electron chi connectivity index (χ4n) is 1.69. The average molecular weight is 390 g/mol. The Balaban J connectivity index is 2.15. The number of hydrogen-bond donors (Lipinski definition) is 3. The lowest BCUT2D eigenvalue weighted by Crippen LogP contribution is -2.20. The topological polar surface area (TPSA) is 110 Å². The summed E-state index contributed by atoms with van der Waals surface area (Å²) in [5.41, 5.74) is 8.13. The number of nitrogens with two attached hydrogens (primary N) is 1. The van der Waals surface area contributed by atoms with Crippen LogP contribution >= 0.6 is 34.8 Å². The van der Waals surface area contributed by atoms with E-state index in [1.807, 2.05) is 0 Å². The Morgan fingerprint density at radius 2 is 2.08 bits per heavy atom. The number of nitrogen functional groups attached to an aromatic ring is 1. The van der Waals surface area contributed by atoms with Crippen molar-refractivity contribution in [3.63, 3.8) is 0 Å². The lowest BCUT2D eigenvalue weighted by atomic mass is 10.2. The molecular weight excluding hydrogens is 379 g/mol. The highest BCUT2D eigenvalue weighted by molar-refractivity contribution is 6.46. The molecule has 1 aromatic carbocycles. The van der Waals surface area contributed by atoms with E-state index in [-0.39, 0.29) is 32.3 Å². The van der Waals surface area contributed by atoms with Crippen molar-refractivity contribution in [3.05, 3.63) is 44.7 Å². The molecule has 1 heterocycles. The van der Waals surface area contributed by atoms with Crippen molar-refractivity contribution >= 4 is 52.6 Å². The summed E-state index contributed by atoms with van der Waals surface area (Å²) in [5.74, 6) is -0.465. The van der Waals surface area contributed by atoms with Gasteiger partial charge in [-0.3, -0.25) is 4.79 Å². The number of anilines is 1. The van der Waals surface area contributed by atoms with Crippen molar-refractivity contribution in [1.29, 1.82) is 0 Å². The number of pyridine rings is 1. The Hall–Kier alpha value is -2.22. The van der Waals surface area contributed by atoms with E-state index >= 15 is 0 Å². The zero-order chi connectivity index (χ0) is 17.9. The number of carbonyl (C=O) groups excluding carboxylic acids is 1. The largest absolute Gasteiger partial charge is 0.504 e. The predicted octanol–water partition coefficient (Wildman–Crippen LogP) is 3.10. The Morgan fingerprint density at radius 3 is 2.71 bits per heavy atom. The Morgan fingerprint density at radius 1 is 1.38 bits per heavy atom. The van der Waals surface area contributed by atoms with Gasteiger partial charge in [-0.2, -0.15) is 5.10 Å². The van der Waals surface area contributed by atoms with E-state index in [0.29, 0.717) is 11.3 Å². The van der Waals surface area contributed by atoms with E-state index < -0.39 is 5.91 Å². The smallest absolute Gasteiger partial charge is 0.291 e. The maximum atomic E-state index is 12.0. The van der Waals surface area contributed by atoms with Gasteiger partial charge in [-0.05, 0) is 23.8 Å². The molecule has 0 aliphatic heterocycles. The van der Waals surface area contributed by atoms with Crippen LogP contribution < -0.4 is 15.9 Å². The summed E-state index contributed by atoms with van der Waals surface area (Å²) in [6, 6.07) is 4.60. The molecule has 2 rings (SSSR count). The second kappa shape index (κ2) is 7.57. The minimum Gasteiger partial charge on any atom is -0.504 e. The summed E-state index contributed by atoms with van der Waals surface area (Å²) in [4.78, 5) is 15.8. The first-order valence-corrected chi connectivity index (χ1v) is 7.49. The number of nitrogens with one attached hydrogen (secondary N) is 1. The molecule has 1 amide bonds. The number of benzene rings is 1. The minimum atomic E-state index is -0.723. The summed E-state index contributed by atoms with van der Waals surface area (Å²) in [7, 11) is 1.43. The normalized spacial score (nSPS) is 10.8. The average Bonchev–Trinajstić information content (AvgIpc) is 2.56. The first-order chi connectivity index (χ1) is 11.3. The molecule has 2 aromatic rings. The number of rotatable bonds is 4. The lowest BCUT2D eigenvalue weighted by Gasteiger charge is -2.07. The fourth-order valence-corrected chi connectivity index (χ4v) is 2.28. The zero-order valence-electron chi connectivity index (χ0n) is 12.2. The standard InChI is InChI=1S/C14H11Cl3N4O3/c1-24-8-3-2-6(4-7(8)22)5-19-21-14(23)12-9(15)11(18)10(16)13(17)20-12/h2-5,22H,1H3,(H2,18,20)(H,21,23)/b19-5+. The van der Waals surface area contributed by atoms with Crippen LogP contribution in [0.25, 0.3) is 0 Å². The summed E-state index contributed by atoms with van der Waals surface area (Å²) in [6.07, 6.45) is 1.31. The second-order valence-corrected chi connectivity index (χ2v) is 5.54. The van der Waals surface area contributed by atoms with Crippen LogP contribution in [0.2, 0.25) is 15.2 Å². The van der Waals surface area contributed by atoms with Crippen molar-refractivity contribution < 1.29 is 14.6 Å². The van der Waals surface area contributed by atoms with Crippen LogP contribution in [0.4, 0.5) is 5.69 Å². The van der Waals surface area contributed by atoms with Gasteiger partial charge in [-0.1, -0.05) is 34.8 Å². The third-order valence-electron chi connectivity index (χ3n) is 2.87. The van der Waals surface area contributed by atoms with Gasteiger partial charge in [0, 0.05) is 0 Å². The summed E-state index contributed by atoms with van der Waals surface area (Å²) in [6.45, 7) is 0. The Bertz CT molecular complexity index is 827. The maximum absolute atomic E-state index is 12.0. The molecule has 1 aromatic heterocycles. The van der Waals surface area contributed by atoms with Crippen LogP contribution in [0.5, 0.6) is 11.5 Å². The van der Waals surface area contributed by atoms with Crippen LogP contribution in [-0.4, -0.2) is 29.3 Å². The van der Waals surface area contributed by atoms with Gasteiger partial charge in [-0.15, -0.1) is 0 Å². The number of amides is 1. The number of halogens is 3. The highest BCUT2D eigenvalue weighted by Gasteiger charge is 2.19. The van der Waals surface area contributed by atoms with Crippen LogP contribution in [0.1, 0.15) is 16.1 Å². The molecule has 0 radical (unpaired) electrons. The monoisotopic (exact) mass is 388 g/mol. The molecule has 0 fully saturated rings. The summed E-state index contributed by atoms with van der Waals surface area (Å²) in [5, 5.41) is 13.1. The van der Waals surface area contributed by atoms with Gasteiger partial charge in [0.2, 0.25) is 0 Å². The van der Waals surface area contributed by atoms with Gasteiger partial charge in [0.15, 0.2) is 22.3 Å². The van der Waals surface area contributed by atoms with Crippen molar-refractivity contribution in [2.75, 3.05) is 12.8 Å². The molecular formula is C14H11Cl3N4O3. The quantitative estimate of drug-likeness (QED) is 0.423. The van der Waals surface area contributed by atoms with Gasteiger partial charge < -0.3 is 15.6 Å². The predicted molar refractivity (Wildman–Crippen MR) is 93.4 cm³/mol. The molecule has 10 heteroatoms. The van der Waals surface area contributed by atoms with Gasteiger partial charge in [0.1, 0.15) is 5.02 Å². The molecule has 0 unspecified atom stereocenters.